The molecule has 78 valence electrons. The third kappa shape index (κ3) is 2.47. The molecule has 1 aliphatic rings. The summed E-state index contributed by atoms with van der Waals surface area (Å²) in [6.07, 6.45) is 0.213. The summed E-state index contributed by atoms with van der Waals surface area (Å²) < 4.78 is 1.09. The minimum atomic E-state index is -0.435. The van der Waals surface area contributed by atoms with Crippen molar-refractivity contribution in [2.45, 2.75) is 12.5 Å². The van der Waals surface area contributed by atoms with Gasteiger partial charge in [0.2, 0.25) is 11.8 Å². The minimum absolute atomic E-state index is 0.213. The van der Waals surface area contributed by atoms with Crippen molar-refractivity contribution in [3.8, 4) is 0 Å². The number of carbonyl (C=O) groups is 2. The Morgan fingerprint density at radius 3 is 2.80 bits per heavy atom. The van der Waals surface area contributed by atoms with Crippen LogP contribution in [0, 0.1) is 3.57 Å². The molecule has 1 heterocycles. The van der Waals surface area contributed by atoms with E-state index in [0.717, 1.165) is 9.26 Å². The molecule has 1 aromatic carbocycles. The van der Waals surface area contributed by atoms with E-state index >= 15 is 0 Å². The molecule has 15 heavy (non-hydrogen) atoms. The van der Waals surface area contributed by atoms with Crippen LogP contribution in [0.15, 0.2) is 24.3 Å². The van der Waals surface area contributed by atoms with Crippen LogP contribution in [0.25, 0.3) is 0 Å². The van der Waals surface area contributed by atoms with Gasteiger partial charge in [0.05, 0.1) is 6.42 Å². The second-order valence-electron chi connectivity index (χ2n) is 3.32. The quantitative estimate of drug-likeness (QED) is 0.635. The summed E-state index contributed by atoms with van der Waals surface area (Å²) in [5.74, 6) is -0.470. The van der Waals surface area contributed by atoms with Crippen LogP contribution in [0.2, 0.25) is 0 Å². The fraction of sp³-hybridized carbons (Fsp3) is 0.200. The molecule has 0 aromatic heterocycles. The lowest BCUT2D eigenvalue weighted by Gasteiger charge is -2.10. The molecule has 1 unspecified atom stereocenters. The van der Waals surface area contributed by atoms with Crippen molar-refractivity contribution in [2.75, 3.05) is 5.32 Å². The number of carbonyl (C=O) groups excluding carboxylic acids is 2. The SMILES string of the molecule is O=C1CC(Nc2cccc(I)c2)C(=O)N1. The summed E-state index contributed by atoms with van der Waals surface area (Å²) >= 11 is 2.19. The first-order valence-electron chi connectivity index (χ1n) is 4.51. The smallest absolute Gasteiger partial charge is 0.249 e. The second-order valence-corrected chi connectivity index (χ2v) is 4.57. The maximum atomic E-state index is 11.3. The zero-order chi connectivity index (χ0) is 10.8. The summed E-state index contributed by atoms with van der Waals surface area (Å²) in [4.78, 5) is 22.2. The van der Waals surface area contributed by atoms with E-state index in [1.54, 1.807) is 0 Å². The standard InChI is InChI=1S/C10H9IN2O2/c11-6-2-1-3-7(4-6)12-8-5-9(14)13-10(8)15/h1-4,8,12H,5H2,(H,13,14,15). The highest BCUT2D eigenvalue weighted by Crippen LogP contribution is 2.15. The number of amides is 2. The van der Waals surface area contributed by atoms with Crippen LogP contribution in [0.5, 0.6) is 0 Å². The molecular weight excluding hydrogens is 307 g/mol. The maximum Gasteiger partial charge on any atom is 0.249 e. The number of hydrogen-bond acceptors (Lipinski definition) is 3. The van der Waals surface area contributed by atoms with Crippen LogP contribution in [0.1, 0.15) is 6.42 Å². The Morgan fingerprint density at radius 1 is 1.40 bits per heavy atom. The summed E-state index contributed by atoms with van der Waals surface area (Å²) in [6, 6.07) is 7.23. The van der Waals surface area contributed by atoms with Gasteiger partial charge in [-0.3, -0.25) is 14.9 Å². The van der Waals surface area contributed by atoms with E-state index in [1.165, 1.54) is 0 Å². The molecule has 1 atom stereocenters. The topological polar surface area (TPSA) is 58.2 Å². The summed E-state index contributed by atoms with van der Waals surface area (Å²) in [5, 5.41) is 5.28. The fourth-order valence-electron chi connectivity index (χ4n) is 1.45. The number of rotatable bonds is 2. The molecule has 0 aliphatic carbocycles. The van der Waals surface area contributed by atoms with E-state index in [2.05, 4.69) is 33.2 Å². The first-order valence-corrected chi connectivity index (χ1v) is 5.59. The first kappa shape index (κ1) is 10.4. The summed E-state index contributed by atoms with van der Waals surface area (Å²) in [7, 11) is 0. The second kappa shape index (κ2) is 4.18. The highest BCUT2D eigenvalue weighted by molar-refractivity contribution is 14.1. The van der Waals surface area contributed by atoms with Crippen LogP contribution in [0.3, 0.4) is 0 Å². The van der Waals surface area contributed by atoms with Gasteiger partial charge in [-0.25, -0.2) is 0 Å². The van der Waals surface area contributed by atoms with E-state index in [1.807, 2.05) is 24.3 Å². The average Bonchev–Trinajstić information content (AvgIpc) is 2.45. The number of imide groups is 1. The Hall–Kier alpha value is -1.11. The van der Waals surface area contributed by atoms with E-state index in [9.17, 15) is 9.59 Å². The van der Waals surface area contributed by atoms with E-state index in [0.29, 0.717) is 0 Å². The van der Waals surface area contributed by atoms with E-state index in [-0.39, 0.29) is 18.2 Å². The van der Waals surface area contributed by atoms with Crippen LogP contribution >= 0.6 is 22.6 Å². The van der Waals surface area contributed by atoms with Gasteiger partial charge in [0.1, 0.15) is 6.04 Å². The average molecular weight is 316 g/mol. The number of hydrogen-bond donors (Lipinski definition) is 2. The molecule has 2 rings (SSSR count). The maximum absolute atomic E-state index is 11.3. The van der Waals surface area contributed by atoms with Gasteiger partial charge in [-0.15, -0.1) is 0 Å². The van der Waals surface area contributed by atoms with Gasteiger partial charge in [0.25, 0.3) is 0 Å². The van der Waals surface area contributed by atoms with Crippen molar-refractivity contribution >= 4 is 40.1 Å². The highest BCUT2D eigenvalue weighted by Gasteiger charge is 2.30. The van der Waals surface area contributed by atoms with Crippen molar-refractivity contribution in [1.29, 1.82) is 0 Å². The third-order valence-corrected chi connectivity index (χ3v) is 2.81. The third-order valence-electron chi connectivity index (χ3n) is 2.13. The Labute approximate surface area is 101 Å². The zero-order valence-corrected chi connectivity index (χ0v) is 9.95. The van der Waals surface area contributed by atoms with E-state index < -0.39 is 6.04 Å². The molecule has 1 saturated heterocycles. The Balaban J connectivity index is 2.09. The minimum Gasteiger partial charge on any atom is -0.373 e. The number of anilines is 1. The molecule has 5 heteroatoms. The molecular formula is C10H9IN2O2. The van der Waals surface area contributed by atoms with Gasteiger partial charge in [-0.1, -0.05) is 6.07 Å². The van der Waals surface area contributed by atoms with Gasteiger partial charge in [0, 0.05) is 9.26 Å². The molecule has 1 aliphatic heterocycles. The number of nitrogens with one attached hydrogen (secondary N) is 2. The van der Waals surface area contributed by atoms with Crippen LogP contribution in [0.4, 0.5) is 5.69 Å². The molecule has 4 nitrogen and oxygen atoms in total. The van der Waals surface area contributed by atoms with E-state index in [4.69, 9.17) is 0 Å². The van der Waals surface area contributed by atoms with Gasteiger partial charge in [-0.05, 0) is 40.8 Å². The van der Waals surface area contributed by atoms with Crippen molar-refractivity contribution in [1.82, 2.24) is 5.32 Å². The van der Waals surface area contributed by atoms with Crippen molar-refractivity contribution in [3.05, 3.63) is 27.8 Å². The van der Waals surface area contributed by atoms with Crippen molar-refractivity contribution in [2.24, 2.45) is 0 Å². The molecule has 0 radical (unpaired) electrons. The number of benzene rings is 1. The predicted octanol–water partition coefficient (Wildman–Crippen LogP) is 1.12. The lowest BCUT2D eigenvalue weighted by Crippen LogP contribution is -2.29. The van der Waals surface area contributed by atoms with Gasteiger partial charge in [-0.2, -0.15) is 0 Å². The molecule has 2 N–H and O–H groups in total. The highest BCUT2D eigenvalue weighted by atomic mass is 127. The first-order chi connectivity index (χ1) is 7.15. The fourth-order valence-corrected chi connectivity index (χ4v) is 1.99. The molecule has 1 aromatic rings. The molecule has 2 amide bonds. The summed E-state index contributed by atoms with van der Waals surface area (Å²) in [6.45, 7) is 0. The zero-order valence-electron chi connectivity index (χ0n) is 7.79. The van der Waals surface area contributed by atoms with Crippen LogP contribution in [-0.4, -0.2) is 17.9 Å². The lowest BCUT2D eigenvalue weighted by molar-refractivity contribution is -0.124. The van der Waals surface area contributed by atoms with Crippen LogP contribution < -0.4 is 10.6 Å². The molecule has 0 saturated carbocycles. The largest absolute Gasteiger partial charge is 0.373 e. The monoisotopic (exact) mass is 316 g/mol. The van der Waals surface area contributed by atoms with Crippen LogP contribution in [-0.2, 0) is 9.59 Å². The molecule has 0 spiro atoms. The van der Waals surface area contributed by atoms with Crippen molar-refractivity contribution < 1.29 is 9.59 Å². The predicted molar refractivity (Wildman–Crippen MR) is 64.3 cm³/mol. The van der Waals surface area contributed by atoms with Gasteiger partial charge in [0.15, 0.2) is 0 Å². The Morgan fingerprint density at radius 2 is 2.20 bits per heavy atom. The Kier molecular flexibility index (Phi) is 2.90. The molecule has 1 fully saturated rings. The lowest BCUT2D eigenvalue weighted by atomic mass is 10.2. The Bertz CT molecular complexity index is 420. The molecule has 0 bridgehead atoms. The van der Waals surface area contributed by atoms with Gasteiger partial charge >= 0.3 is 0 Å². The van der Waals surface area contributed by atoms with Gasteiger partial charge < -0.3 is 5.32 Å². The van der Waals surface area contributed by atoms with Crippen molar-refractivity contribution in [3.63, 3.8) is 0 Å². The summed E-state index contributed by atoms with van der Waals surface area (Å²) in [5.41, 5.74) is 0.858. The number of halogens is 1. The normalized spacial score (nSPS) is 20.2.